The summed E-state index contributed by atoms with van der Waals surface area (Å²) in [5.41, 5.74) is 8.75. The van der Waals surface area contributed by atoms with Gasteiger partial charge in [-0.2, -0.15) is 4.98 Å². The fraction of sp³-hybridized carbons (Fsp3) is 0.462. The number of piperazine rings is 1. The molecule has 3 aromatic rings. The molecule has 0 saturated carbocycles. The molecular formula is C26H33ClFN9O. The Labute approximate surface area is 227 Å². The number of morpholine rings is 1. The van der Waals surface area contributed by atoms with Gasteiger partial charge in [0.2, 0.25) is 11.2 Å². The molecule has 2 aliphatic heterocycles. The Hall–Kier alpha value is -3.28. The van der Waals surface area contributed by atoms with Crippen LogP contribution in [0.1, 0.15) is 20.8 Å². The van der Waals surface area contributed by atoms with Crippen molar-refractivity contribution in [3.05, 3.63) is 41.8 Å². The third kappa shape index (κ3) is 5.59. The molecule has 0 bridgehead atoms. The van der Waals surface area contributed by atoms with Crippen LogP contribution in [0.2, 0.25) is 5.28 Å². The monoisotopic (exact) mass is 541 g/mol. The van der Waals surface area contributed by atoms with E-state index in [2.05, 4.69) is 53.9 Å². The van der Waals surface area contributed by atoms with Gasteiger partial charge < -0.3 is 30.5 Å². The van der Waals surface area contributed by atoms with Gasteiger partial charge in [0.05, 0.1) is 35.5 Å². The third-order valence-corrected chi connectivity index (χ3v) is 7.26. The zero-order chi connectivity index (χ0) is 27.0. The molecule has 10 nitrogen and oxygen atoms in total. The number of aromatic nitrogens is 4. The van der Waals surface area contributed by atoms with Gasteiger partial charge in [0.1, 0.15) is 5.82 Å². The number of hydrogen-bond donors (Lipinski definition) is 2. The number of likely N-dealkylation sites (N-methyl/N-ethyl adjacent to an activating group) is 1. The Morgan fingerprint density at radius 1 is 1.00 bits per heavy atom. The van der Waals surface area contributed by atoms with Crippen molar-refractivity contribution in [1.82, 2.24) is 24.8 Å². The highest BCUT2D eigenvalue weighted by Gasteiger charge is 2.26. The number of anilines is 5. The summed E-state index contributed by atoms with van der Waals surface area (Å²) in [5, 5.41) is 3.33. The largest absolute Gasteiger partial charge is 0.394 e. The van der Waals surface area contributed by atoms with E-state index in [1.807, 2.05) is 13.8 Å². The first-order valence-electron chi connectivity index (χ1n) is 12.7. The SMILES string of the molecule is CC1CN(c2cc(F)c(-c3cnc(N4C[C@@H](C)O[C@@H](C)C4)nc3)cc2Nc2nc(Cl)ncc2N)CCN1C. The molecule has 0 amide bonds. The average Bonchev–Trinajstić information content (AvgIpc) is 2.88. The molecule has 3 atom stereocenters. The van der Waals surface area contributed by atoms with E-state index in [-0.39, 0.29) is 23.3 Å². The van der Waals surface area contributed by atoms with Gasteiger partial charge in [-0.05, 0) is 51.6 Å². The quantitative estimate of drug-likeness (QED) is 0.463. The second kappa shape index (κ2) is 10.8. The van der Waals surface area contributed by atoms with E-state index in [0.29, 0.717) is 59.1 Å². The van der Waals surface area contributed by atoms with Gasteiger partial charge in [-0.3, -0.25) is 0 Å². The van der Waals surface area contributed by atoms with E-state index in [9.17, 15) is 0 Å². The van der Waals surface area contributed by atoms with Crippen LogP contribution >= 0.6 is 11.6 Å². The number of nitrogen functional groups attached to an aromatic ring is 1. The summed E-state index contributed by atoms with van der Waals surface area (Å²) in [5.74, 6) is 0.588. The van der Waals surface area contributed by atoms with Crippen LogP contribution in [-0.4, -0.2) is 82.9 Å². The lowest BCUT2D eigenvalue weighted by molar-refractivity contribution is -0.00571. The highest BCUT2D eigenvalue weighted by molar-refractivity contribution is 6.28. The molecule has 5 rings (SSSR count). The molecule has 2 aromatic heterocycles. The third-order valence-electron chi connectivity index (χ3n) is 7.08. The van der Waals surface area contributed by atoms with Crippen molar-refractivity contribution < 1.29 is 9.13 Å². The Bertz CT molecular complexity index is 1280. The van der Waals surface area contributed by atoms with Crippen LogP contribution in [0.3, 0.4) is 0 Å². The minimum atomic E-state index is -0.365. The lowest BCUT2D eigenvalue weighted by Crippen LogP contribution is -2.50. The van der Waals surface area contributed by atoms with Gasteiger partial charge in [0, 0.05) is 62.3 Å². The van der Waals surface area contributed by atoms with Gasteiger partial charge in [0.25, 0.3) is 0 Å². The minimum Gasteiger partial charge on any atom is -0.394 e. The summed E-state index contributed by atoms with van der Waals surface area (Å²) < 4.78 is 21.5. The summed E-state index contributed by atoms with van der Waals surface area (Å²) in [6.07, 6.45) is 4.92. The first-order chi connectivity index (χ1) is 18.2. The van der Waals surface area contributed by atoms with Crippen molar-refractivity contribution in [2.75, 3.05) is 60.6 Å². The number of benzene rings is 1. The molecule has 202 valence electrons. The molecule has 4 heterocycles. The fourth-order valence-corrected chi connectivity index (χ4v) is 5.11. The van der Waals surface area contributed by atoms with E-state index in [1.54, 1.807) is 24.5 Å². The number of nitrogens with zero attached hydrogens (tertiary/aromatic N) is 7. The normalized spacial score (nSPS) is 22.5. The Balaban J connectivity index is 1.50. The molecule has 38 heavy (non-hydrogen) atoms. The Morgan fingerprint density at radius 2 is 1.71 bits per heavy atom. The van der Waals surface area contributed by atoms with E-state index in [4.69, 9.17) is 22.1 Å². The number of nitrogens with two attached hydrogens (primary N) is 1. The second-order valence-corrected chi connectivity index (χ2v) is 10.5. The van der Waals surface area contributed by atoms with E-state index in [0.717, 1.165) is 19.6 Å². The number of hydrogen-bond acceptors (Lipinski definition) is 10. The molecule has 1 unspecified atom stereocenters. The molecular weight excluding hydrogens is 509 g/mol. The molecule has 2 fully saturated rings. The molecule has 0 aliphatic carbocycles. The highest BCUT2D eigenvalue weighted by atomic mass is 35.5. The molecule has 2 saturated heterocycles. The fourth-order valence-electron chi connectivity index (χ4n) is 4.98. The summed E-state index contributed by atoms with van der Waals surface area (Å²) in [6.45, 7) is 9.98. The highest BCUT2D eigenvalue weighted by Crippen LogP contribution is 2.37. The lowest BCUT2D eigenvalue weighted by Gasteiger charge is -2.39. The summed E-state index contributed by atoms with van der Waals surface area (Å²) in [6, 6.07) is 3.61. The Kier molecular flexibility index (Phi) is 7.51. The minimum absolute atomic E-state index is 0.0644. The number of nitrogens with one attached hydrogen (secondary N) is 1. The maximum absolute atomic E-state index is 15.7. The molecule has 0 spiro atoms. The van der Waals surface area contributed by atoms with Gasteiger partial charge in [-0.15, -0.1) is 0 Å². The van der Waals surface area contributed by atoms with Crippen molar-refractivity contribution >= 4 is 40.4 Å². The summed E-state index contributed by atoms with van der Waals surface area (Å²) >= 11 is 6.03. The molecule has 1 aromatic carbocycles. The first-order valence-corrected chi connectivity index (χ1v) is 13.1. The predicted octanol–water partition coefficient (Wildman–Crippen LogP) is 3.81. The first kappa shape index (κ1) is 26.3. The molecule has 0 radical (unpaired) electrons. The van der Waals surface area contributed by atoms with Crippen LogP contribution in [0.25, 0.3) is 11.1 Å². The van der Waals surface area contributed by atoms with Gasteiger partial charge in [-0.25, -0.2) is 19.3 Å². The van der Waals surface area contributed by atoms with Crippen LogP contribution in [0.15, 0.2) is 30.7 Å². The maximum Gasteiger partial charge on any atom is 0.225 e. The Morgan fingerprint density at radius 3 is 2.39 bits per heavy atom. The molecule has 2 aliphatic rings. The van der Waals surface area contributed by atoms with E-state index in [1.165, 1.54) is 6.20 Å². The van der Waals surface area contributed by atoms with Crippen molar-refractivity contribution in [2.24, 2.45) is 0 Å². The van der Waals surface area contributed by atoms with Gasteiger partial charge >= 0.3 is 0 Å². The number of halogens is 2. The van der Waals surface area contributed by atoms with Crippen LogP contribution in [0.5, 0.6) is 0 Å². The van der Waals surface area contributed by atoms with Gasteiger partial charge in [-0.1, -0.05) is 0 Å². The molecule has 3 N–H and O–H groups in total. The maximum atomic E-state index is 15.7. The smallest absolute Gasteiger partial charge is 0.225 e. The zero-order valence-corrected chi connectivity index (χ0v) is 22.8. The average molecular weight is 542 g/mol. The summed E-state index contributed by atoms with van der Waals surface area (Å²) in [4.78, 5) is 23.8. The molecule has 12 heteroatoms. The van der Waals surface area contributed by atoms with Crippen LogP contribution in [-0.2, 0) is 4.74 Å². The lowest BCUT2D eigenvalue weighted by atomic mass is 10.0. The van der Waals surface area contributed by atoms with Crippen molar-refractivity contribution in [3.8, 4) is 11.1 Å². The van der Waals surface area contributed by atoms with E-state index < -0.39 is 0 Å². The van der Waals surface area contributed by atoms with Gasteiger partial charge in [0.15, 0.2) is 5.82 Å². The second-order valence-electron chi connectivity index (χ2n) is 10.1. The van der Waals surface area contributed by atoms with Crippen molar-refractivity contribution in [3.63, 3.8) is 0 Å². The number of ether oxygens (including phenoxy) is 1. The summed E-state index contributed by atoms with van der Waals surface area (Å²) in [7, 11) is 2.09. The van der Waals surface area contributed by atoms with Crippen LogP contribution < -0.4 is 20.9 Å². The van der Waals surface area contributed by atoms with E-state index >= 15 is 4.39 Å². The number of rotatable bonds is 5. The topological polar surface area (TPSA) is 109 Å². The standard InChI is InChI=1S/C26H33ClFN9O/c1-15-12-36(6-5-35(15)4)23-8-20(28)19(7-22(23)33-24-21(29)11-30-25(27)34-24)18-9-31-26(32-10-18)37-13-16(2)38-17(3)14-37/h7-11,15-17H,5-6,12-14,29H2,1-4H3,(H,30,33,34)/t15?,16-,17+. The van der Waals surface area contributed by atoms with Crippen LogP contribution in [0, 0.1) is 5.82 Å². The zero-order valence-electron chi connectivity index (χ0n) is 22.0. The van der Waals surface area contributed by atoms with Crippen molar-refractivity contribution in [2.45, 2.75) is 39.0 Å². The van der Waals surface area contributed by atoms with Crippen LogP contribution in [0.4, 0.5) is 33.2 Å². The van der Waals surface area contributed by atoms with Crippen molar-refractivity contribution in [1.29, 1.82) is 0 Å². The predicted molar refractivity (Wildman–Crippen MR) is 149 cm³/mol.